The topological polar surface area (TPSA) is 71.7 Å². The molecule has 5 heteroatoms. The molecule has 1 aromatic rings. The number of amides is 1. The molecule has 0 aromatic carbocycles. The van der Waals surface area contributed by atoms with Gasteiger partial charge < -0.3 is 19.6 Å². The molecule has 0 saturated heterocycles. The summed E-state index contributed by atoms with van der Waals surface area (Å²) < 4.78 is 10.00. The first kappa shape index (κ1) is 13.5. The first-order chi connectivity index (χ1) is 8.11. The number of aliphatic hydroxyl groups excluding tert-OH is 1. The van der Waals surface area contributed by atoms with Gasteiger partial charge in [0.05, 0.1) is 12.7 Å². The number of aliphatic hydroxyl groups is 1. The summed E-state index contributed by atoms with van der Waals surface area (Å²) in [7, 11) is 1.49. The lowest BCUT2D eigenvalue weighted by Crippen LogP contribution is -2.33. The molecule has 0 spiro atoms. The summed E-state index contributed by atoms with van der Waals surface area (Å²) in [6.45, 7) is 2.19. The summed E-state index contributed by atoms with van der Waals surface area (Å²) >= 11 is 0. The lowest BCUT2D eigenvalue weighted by Gasteiger charge is -2.08. The van der Waals surface area contributed by atoms with Gasteiger partial charge in [0, 0.05) is 19.7 Å². The zero-order valence-corrected chi connectivity index (χ0v) is 9.97. The third-order valence-electron chi connectivity index (χ3n) is 2.03. The normalized spacial score (nSPS) is 12.9. The van der Waals surface area contributed by atoms with E-state index in [1.807, 2.05) is 13.0 Å². The third kappa shape index (κ3) is 5.33. The molecule has 0 aliphatic rings. The van der Waals surface area contributed by atoms with Crippen molar-refractivity contribution in [2.24, 2.45) is 0 Å². The molecule has 0 aliphatic carbocycles. The number of aryl methyl sites for hydroxylation is 1. The molecular formula is C12H17NO4. The van der Waals surface area contributed by atoms with E-state index in [2.05, 4.69) is 5.32 Å². The van der Waals surface area contributed by atoms with Crippen LogP contribution in [0.1, 0.15) is 11.5 Å². The van der Waals surface area contributed by atoms with Crippen molar-refractivity contribution >= 4 is 12.0 Å². The number of hydrogen-bond acceptors (Lipinski definition) is 4. The Balaban J connectivity index is 2.32. The van der Waals surface area contributed by atoms with Crippen molar-refractivity contribution in [3.63, 3.8) is 0 Å². The highest BCUT2D eigenvalue weighted by Gasteiger charge is 2.04. The molecule has 1 aromatic heterocycles. The smallest absolute Gasteiger partial charge is 0.244 e. The molecular weight excluding hydrogens is 222 g/mol. The van der Waals surface area contributed by atoms with Crippen LogP contribution in [0, 0.1) is 6.92 Å². The van der Waals surface area contributed by atoms with Crippen LogP contribution in [-0.4, -0.2) is 37.4 Å². The van der Waals surface area contributed by atoms with E-state index in [0.717, 1.165) is 5.76 Å². The Hall–Kier alpha value is -1.59. The monoisotopic (exact) mass is 239 g/mol. The maximum absolute atomic E-state index is 11.3. The molecule has 1 atom stereocenters. The second-order valence-corrected chi connectivity index (χ2v) is 3.64. The molecule has 17 heavy (non-hydrogen) atoms. The molecule has 0 bridgehead atoms. The van der Waals surface area contributed by atoms with Gasteiger partial charge in [-0.15, -0.1) is 0 Å². The minimum atomic E-state index is -0.691. The van der Waals surface area contributed by atoms with Crippen LogP contribution < -0.4 is 5.32 Å². The van der Waals surface area contributed by atoms with Gasteiger partial charge >= 0.3 is 0 Å². The van der Waals surface area contributed by atoms with Crippen molar-refractivity contribution in [1.29, 1.82) is 0 Å². The Morgan fingerprint density at radius 3 is 3.00 bits per heavy atom. The molecule has 94 valence electrons. The SMILES string of the molecule is COCC(O)CNC(=O)C=Cc1ccc(C)o1. The lowest BCUT2D eigenvalue weighted by atomic mass is 10.3. The maximum Gasteiger partial charge on any atom is 0.244 e. The van der Waals surface area contributed by atoms with Crippen LogP contribution in [0.2, 0.25) is 0 Å². The summed E-state index contributed by atoms with van der Waals surface area (Å²) in [5.41, 5.74) is 0. The Morgan fingerprint density at radius 2 is 2.41 bits per heavy atom. The first-order valence-electron chi connectivity index (χ1n) is 5.31. The molecule has 5 nitrogen and oxygen atoms in total. The highest BCUT2D eigenvalue weighted by molar-refractivity contribution is 5.91. The van der Waals surface area contributed by atoms with Gasteiger partial charge in [0.25, 0.3) is 0 Å². The number of carbonyl (C=O) groups excluding carboxylic acids is 1. The summed E-state index contributed by atoms with van der Waals surface area (Å²) in [6.07, 6.45) is 2.24. The van der Waals surface area contributed by atoms with E-state index in [4.69, 9.17) is 9.15 Å². The van der Waals surface area contributed by atoms with Crippen LogP contribution in [0.5, 0.6) is 0 Å². The predicted molar refractivity (Wildman–Crippen MR) is 63.4 cm³/mol. The summed E-state index contributed by atoms with van der Waals surface area (Å²) in [6, 6.07) is 3.60. The molecule has 2 N–H and O–H groups in total. The van der Waals surface area contributed by atoms with Gasteiger partial charge in [-0.1, -0.05) is 0 Å². The quantitative estimate of drug-likeness (QED) is 0.718. The van der Waals surface area contributed by atoms with Gasteiger partial charge in [0.15, 0.2) is 0 Å². The minimum Gasteiger partial charge on any atom is -0.462 e. The number of hydrogen-bond donors (Lipinski definition) is 2. The summed E-state index contributed by atoms with van der Waals surface area (Å²) in [4.78, 5) is 11.3. The molecule has 0 fully saturated rings. The van der Waals surface area contributed by atoms with Gasteiger partial charge in [0.2, 0.25) is 5.91 Å². The van der Waals surface area contributed by atoms with Gasteiger partial charge in [-0.25, -0.2) is 0 Å². The van der Waals surface area contributed by atoms with E-state index >= 15 is 0 Å². The standard InChI is InChI=1S/C12H17NO4/c1-9-3-4-11(17-9)5-6-12(15)13-7-10(14)8-16-2/h3-6,10,14H,7-8H2,1-2H3,(H,13,15). The molecule has 1 amide bonds. The van der Waals surface area contributed by atoms with Crippen LogP contribution in [0.3, 0.4) is 0 Å². The van der Waals surface area contributed by atoms with Crippen molar-refractivity contribution in [1.82, 2.24) is 5.32 Å². The Labute approximate surface area is 100 Å². The van der Waals surface area contributed by atoms with Crippen molar-refractivity contribution in [2.75, 3.05) is 20.3 Å². The number of nitrogens with one attached hydrogen (secondary N) is 1. The number of rotatable bonds is 6. The van der Waals surface area contributed by atoms with Crippen LogP contribution in [0.25, 0.3) is 6.08 Å². The van der Waals surface area contributed by atoms with Crippen molar-refractivity contribution < 1.29 is 19.1 Å². The van der Waals surface area contributed by atoms with Crippen LogP contribution in [-0.2, 0) is 9.53 Å². The molecule has 1 rings (SSSR count). The fourth-order valence-corrected chi connectivity index (χ4v) is 1.23. The van der Waals surface area contributed by atoms with Gasteiger partial charge in [0.1, 0.15) is 11.5 Å². The third-order valence-corrected chi connectivity index (χ3v) is 2.03. The van der Waals surface area contributed by atoms with Crippen LogP contribution >= 0.6 is 0 Å². The van der Waals surface area contributed by atoms with Crippen molar-refractivity contribution in [2.45, 2.75) is 13.0 Å². The number of ether oxygens (including phenoxy) is 1. The highest BCUT2D eigenvalue weighted by atomic mass is 16.5. The Morgan fingerprint density at radius 1 is 1.65 bits per heavy atom. The number of furan rings is 1. The van der Waals surface area contributed by atoms with E-state index in [1.165, 1.54) is 13.2 Å². The fraction of sp³-hybridized carbons (Fsp3) is 0.417. The van der Waals surface area contributed by atoms with Crippen LogP contribution in [0.4, 0.5) is 0 Å². The molecule has 0 aliphatic heterocycles. The average molecular weight is 239 g/mol. The van der Waals surface area contributed by atoms with Crippen molar-refractivity contribution in [3.05, 3.63) is 29.7 Å². The molecule has 0 saturated carbocycles. The van der Waals surface area contributed by atoms with E-state index < -0.39 is 6.10 Å². The van der Waals surface area contributed by atoms with E-state index in [0.29, 0.717) is 5.76 Å². The van der Waals surface area contributed by atoms with Crippen LogP contribution in [0.15, 0.2) is 22.6 Å². The first-order valence-corrected chi connectivity index (χ1v) is 5.31. The van der Waals surface area contributed by atoms with Gasteiger partial charge in [-0.2, -0.15) is 0 Å². The molecule has 0 radical (unpaired) electrons. The molecule has 1 heterocycles. The average Bonchev–Trinajstić information content (AvgIpc) is 2.70. The molecule has 1 unspecified atom stereocenters. The van der Waals surface area contributed by atoms with E-state index in [-0.39, 0.29) is 19.1 Å². The maximum atomic E-state index is 11.3. The number of methoxy groups -OCH3 is 1. The number of carbonyl (C=O) groups is 1. The minimum absolute atomic E-state index is 0.161. The highest BCUT2D eigenvalue weighted by Crippen LogP contribution is 2.07. The fourth-order valence-electron chi connectivity index (χ4n) is 1.23. The second-order valence-electron chi connectivity index (χ2n) is 3.64. The van der Waals surface area contributed by atoms with E-state index in [9.17, 15) is 9.90 Å². The second kappa shape index (κ2) is 6.88. The summed E-state index contributed by atoms with van der Waals surface area (Å²) in [5, 5.41) is 11.9. The lowest BCUT2D eigenvalue weighted by molar-refractivity contribution is -0.117. The largest absolute Gasteiger partial charge is 0.462 e. The van der Waals surface area contributed by atoms with Crippen molar-refractivity contribution in [3.8, 4) is 0 Å². The zero-order chi connectivity index (χ0) is 12.7. The van der Waals surface area contributed by atoms with Gasteiger partial charge in [-0.3, -0.25) is 4.79 Å². The Kier molecular flexibility index (Phi) is 5.45. The predicted octanol–water partition coefficient (Wildman–Crippen LogP) is 0.725. The van der Waals surface area contributed by atoms with Gasteiger partial charge in [-0.05, 0) is 25.1 Å². The zero-order valence-electron chi connectivity index (χ0n) is 9.97. The Bertz CT molecular complexity index is 384. The van der Waals surface area contributed by atoms with E-state index in [1.54, 1.807) is 12.1 Å². The summed E-state index contributed by atoms with van der Waals surface area (Å²) in [5.74, 6) is 1.13.